The lowest BCUT2D eigenvalue weighted by molar-refractivity contribution is -0.191. The van der Waals surface area contributed by atoms with Gasteiger partial charge in [0.05, 0.1) is 44.4 Å². The zero-order chi connectivity index (χ0) is 27.9. The predicted octanol–water partition coefficient (Wildman–Crippen LogP) is -0.564. The summed E-state index contributed by atoms with van der Waals surface area (Å²) in [5.74, 6) is -0.222. The van der Waals surface area contributed by atoms with Crippen LogP contribution in [-0.2, 0) is 17.6 Å². The highest BCUT2D eigenvalue weighted by Crippen LogP contribution is 2.37. The summed E-state index contributed by atoms with van der Waals surface area (Å²) in [5, 5.41) is 73.3. The van der Waals surface area contributed by atoms with Crippen molar-refractivity contribution >= 4 is 6.03 Å². The highest BCUT2D eigenvalue weighted by molar-refractivity contribution is 5.74. The molecule has 1 aliphatic carbocycles. The average Bonchev–Trinajstić information content (AvgIpc) is 2.91. The van der Waals surface area contributed by atoms with E-state index in [-0.39, 0.29) is 18.1 Å². The molecule has 3 rings (SSSR count). The fourth-order valence-corrected chi connectivity index (χ4v) is 4.84. The Bertz CT molecular complexity index is 983. The molecule has 11 nitrogen and oxygen atoms in total. The summed E-state index contributed by atoms with van der Waals surface area (Å²) >= 11 is 0. The van der Waals surface area contributed by atoms with Crippen molar-refractivity contribution in [2.45, 2.75) is 62.6 Å². The second kappa shape index (κ2) is 13.5. The molecule has 2 amide bonds. The predicted molar refractivity (Wildman–Crippen MR) is 138 cm³/mol. The van der Waals surface area contributed by atoms with Crippen molar-refractivity contribution in [1.82, 2.24) is 10.6 Å². The number of ether oxygens (including phenoxy) is 1. The van der Waals surface area contributed by atoms with Gasteiger partial charge in [0, 0.05) is 18.9 Å². The number of urea groups is 1. The van der Waals surface area contributed by atoms with E-state index in [1.54, 1.807) is 6.08 Å². The van der Waals surface area contributed by atoms with Gasteiger partial charge < -0.3 is 51.1 Å². The van der Waals surface area contributed by atoms with Crippen LogP contribution in [0.5, 0.6) is 0 Å². The quantitative estimate of drug-likeness (QED) is 0.178. The smallest absolute Gasteiger partial charge is 0.315 e. The monoisotopic (exact) mass is 536 g/mol. The molecule has 212 valence electrons. The first-order valence-corrected chi connectivity index (χ1v) is 12.8. The zero-order valence-electron chi connectivity index (χ0n) is 21.6. The number of hydrogen-bond donors (Lipinski definition) is 9. The Kier molecular flexibility index (Phi) is 10.7. The first-order valence-electron chi connectivity index (χ1n) is 12.8. The van der Waals surface area contributed by atoms with Gasteiger partial charge >= 0.3 is 6.03 Å². The van der Waals surface area contributed by atoms with E-state index in [0.717, 1.165) is 22.3 Å². The lowest BCUT2D eigenvalue weighted by Crippen LogP contribution is -2.59. The number of carbonyl (C=O) groups excluding carboxylic acids is 1. The summed E-state index contributed by atoms with van der Waals surface area (Å²) in [6, 6.07) is 7.32. The van der Waals surface area contributed by atoms with Crippen molar-refractivity contribution in [3.05, 3.63) is 58.4 Å². The van der Waals surface area contributed by atoms with Gasteiger partial charge in [0.1, 0.15) is 17.7 Å². The fraction of sp³-hybridized carbons (Fsp3) is 0.593. The van der Waals surface area contributed by atoms with E-state index in [9.17, 15) is 40.5 Å². The zero-order valence-corrected chi connectivity index (χ0v) is 21.6. The maximum absolute atomic E-state index is 12.0. The number of rotatable bonds is 11. The summed E-state index contributed by atoms with van der Waals surface area (Å²) < 4.78 is 5.82. The van der Waals surface area contributed by atoms with Crippen LogP contribution in [0, 0.1) is 5.92 Å². The number of nitrogens with one attached hydrogen (secondary N) is 2. The molecule has 9 N–H and O–H groups in total. The maximum Gasteiger partial charge on any atom is 0.315 e. The van der Waals surface area contributed by atoms with Gasteiger partial charge in [0.25, 0.3) is 0 Å². The molecule has 1 aromatic rings. The molecule has 0 aromatic heterocycles. The number of aliphatic hydroxyl groups excluding tert-OH is 7. The topological polar surface area (TPSA) is 192 Å². The van der Waals surface area contributed by atoms with Gasteiger partial charge in [-0.05, 0) is 49.0 Å². The van der Waals surface area contributed by atoms with Crippen LogP contribution in [0.3, 0.4) is 0 Å². The summed E-state index contributed by atoms with van der Waals surface area (Å²) in [5.41, 5.74) is 2.65. The minimum atomic E-state index is -1.48. The standard InChI is InChI=1S/C27H40N2O9/c1-16-8-21(34)20(23-11-22(35)25(36)24(12-30)38-23)10-19(16)9-18-4-2-17(3-5-18)6-7-28-26(37)29-27(13-31,14-32)15-33/h2-5,8,20,22-25,30-36H,6-7,9-15H2,1H3,(H2,28,29,37)/t20?,22?,23-,24?,25+/m1/s1. The molecule has 1 heterocycles. The summed E-state index contributed by atoms with van der Waals surface area (Å²) in [6.07, 6.45) is -0.0351. The number of benzene rings is 1. The van der Waals surface area contributed by atoms with Crippen molar-refractivity contribution in [3.63, 3.8) is 0 Å². The van der Waals surface area contributed by atoms with E-state index in [2.05, 4.69) is 10.6 Å². The number of amides is 2. The molecule has 38 heavy (non-hydrogen) atoms. The number of carbonyl (C=O) groups is 1. The first-order chi connectivity index (χ1) is 18.1. The third-order valence-electron chi connectivity index (χ3n) is 7.42. The van der Waals surface area contributed by atoms with Gasteiger partial charge in [-0.1, -0.05) is 29.8 Å². The van der Waals surface area contributed by atoms with Gasteiger partial charge in [-0.15, -0.1) is 0 Å². The lowest BCUT2D eigenvalue weighted by atomic mass is 9.79. The van der Waals surface area contributed by atoms with Crippen LogP contribution in [0.2, 0.25) is 0 Å². The summed E-state index contributed by atoms with van der Waals surface area (Å²) in [7, 11) is 0. The molecular formula is C27H40N2O9. The molecule has 2 aliphatic rings. The Hall–Kier alpha value is -2.51. The second-order valence-electron chi connectivity index (χ2n) is 10.2. The SMILES string of the molecule is CC1=C(Cc2ccc(CCNC(=O)NC(CO)(CO)CO)cc2)CC([C@H]2CC(O)[C@H](O)C(CO)O2)C(O)=C1. The average molecular weight is 537 g/mol. The normalized spacial score (nSPS) is 26.2. The summed E-state index contributed by atoms with van der Waals surface area (Å²) in [4.78, 5) is 12.0. The Labute approximate surface area is 222 Å². The molecule has 0 saturated carbocycles. The molecule has 3 unspecified atom stereocenters. The number of aliphatic hydroxyl groups is 7. The highest BCUT2D eigenvalue weighted by Gasteiger charge is 2.41. The second-order valence-corrected chi connectivity index (χ2v) is 10.2. The van der Waals surface area contributed by atoms with Crippen LogP contribution in [0.1, 0.15) is 30.9 Å². The van der Waals surface area contributed by atoms with E-state index in [0.29, 0.717) is 25.8 Å². The van der Waals surface area contributed by atoms with Gasteiger partial charge in [0.2, 0.25) is 0 Å². The van der Waals surface area contributed by atoms with E-state index in [1.165, 1.54) is 0 Å². The van der Waals surface area contributed by atoms with Gasteiger partial charge in [-0.25, -0.2) is 4.79 Å². The van der Waals surface area contributed by atoms with Crippen LogP contribution >= 0.6 is 0 Å². The Morgan fingerprint density at radius 2 is 1.68 bits per heavy atom. The van der Waals surface area contributed by atoms with Gasteiger partial charge in [0.15, 0.2) is 0 Å². The highest BCUT2D eigenvalue weighted by atomic mass is 16.5. The lowest BCUT2D eigenvalue weighted by Gasteiger charge is -2.40. The molecule has 5 atom stereocenters. The number of hydrogen-bond acceptors (Lipinski definition) is 9. The third-order valence-corrected chi connectivity index (χ3v) is 7.42. The van der Waals surface area contributed by atoms with E-state index < -0.39 is 62.4 Å². The molecule has 0 radical (unpaired) electrons. The van der Waals surface area contributed by atoms with Crippen molar-refractivity contribution in [3.8, 4) is 0 Å². The Morgan fingerprint density at radius 3 is 2.29 bits per heavy atom. The van der Waals surface area contributed by atoms with Crippen LogP contribution in [-0.4, -0.2) is 105 Å². The number of allylic oxidation sites excluding steroid dienone is 3. The fourth-order valence-electron chi connectivity index (χ4n) is 4.84. The van der Waals surface area contributed by atoms with Crippen LogP contribution < -0.4 is 10.6 Å². The van der Waals surface area contributed by atoms with Crippen molar-refractivity contribution < 1.29 is 45.3 Å². The van der Waals surface area contributed by atoms with Crippen LogP contribution in [0.25, 0.3) is 0 Å². The van der Waals surface area contributed by atoms with Gasteiger partial charge in [-0.2, -0.15) is 0 Å². The molecule has 1 aromatic carbocycles. The van der Waals surface area contributed by atoms with Crippen molar-refractivity contribution in [2.24, 2.45) is 5.92 Å². The van der Waals surface area contributed by atoms with Gasteiger partial charge in [-0.3, -0.25) is 0 Å². The van der Waals surface area contributed by atoms with E-state index >= 15 is 0 Å². The van der Waals surface area contributed by atoms with Crippen molar-refractivity contribution in [2.75, 3.05) is 33.0 Å². The largest absolute Gasteiger partial charge is 0.512 e. The minimum absolute atomic E-state index is 0.161. The molecule has 11 heteroatoms. The van der Waals surface area contributed by atoms with E-state index in [1.807, 2.05) is 31.2 Å². The molecular weight excluding hydrogens is 496 g/mol. The maximum atomic E-state index is 12.0. The van der Waals surface area contributed by atoms with Crippen LogP contribution in [0.4, 0.5) is 4.79 Å². The molecule has 0 spiro atoms. The summed E-state index contributed by atoms with van der Waals surface area (Å²) in [6.45, 7) is 0.0443. The molecule has 1 aliphatic heterocycles. The first kappa shape index (κ1) is 30.0. The molecule has 0 bridgehead atoms. The van der Waals surface area contributed by atoms with Crippen molar-refractivity contribution in [1.29, 1.82) is 0 Å². The van der Waals surface area contributed by atoms with Crippen LogP contribution in [0.15, 0.2) is 47.2 Å². The molecule has 1 fully saturated rings. The third kappa shape index (κ3) is 7.32. The minimum Gasteiger partial charge on any atom is -0.512 e. The molecule has 1 saturated heterocycles. The Morgan fingerprint density at radius 1 is 1.05 bits per heavy atom. The Balaban J connectivity index is 1.55. The van der Waals surface area contributed by atoms with E-state index in [4.69, 9.17) is 4.74 Å².